The largest absolute Gasteiger partial charge is 0.842 e. The van der Waals surface area contributed by atoms with Gasteiger partial charge in [-0.3, -0.25) is 0 Å². The molecule has 0 radical (unpaired) electrons. The maximum Gasteiger partial charge on any atom is 0.346 e. The van der Waals surface area contributed by atoms with E-state index in [1.165, 1.54) is 11.8 Å². The minimum atomic E-state index is -0.277. The molecular weight excluding hydrogens is 428 g/mol. The summed E-state index contributed by atoms with van der Waals surface area (Å²) in [6, 6.07) is 26.8. The summed E-state index contributed by atoms with van der Waals surface area (Å²) in [5.41, 5.74) is 3.30. The summed E-state index contributed by atoms with van der Waals surface area (Å²) in [7, 11) is 0. The molecule has 4 rings (SSSR count). The van der Waals surface area contributed by atoms with Crippen LogP contribution in [0.4, 0.5) is 0 Å². The number of para-hydroxylation sites is 2. The zero-order valence-electron chi connectivity index (χ0n) is 18.6. The Morgan fingerprint density at radius 3 is 2.36 bits per heavy atom. The lowest BCUT2D eigenvalue weighted by Crippen LogP contribution is -2.46. The Hall–Kier alpha value is -3.57. The van der Waals surface area contributed by atoms with Crippen molar-refractivity contribution < 1.29 is 9.67 Å². The van der Waals surface area contributed by atoms with Crippen LogP contribution in [0.3, 0.4) is 0 Å². The number of thioether (sulfide) groups is 1. The van der Waals surface area contributed by atoms with Gasteiger partial charge in [0.1, 0.15) is 11.4 Å². The van der Waals surface area contributed by atoms with Crippen LogP contribution in [0.15, 0.2) is 101 Å². The molecule has 1 heterocycles. The second kappa shape index (κ2) is 10.4. The molecule has 4 aromatic rings. The number of rotatable bonds is 8. The van der Waals surface area contributed by atoms with E-state index in [1.54, 1.807) is 15.2 Å². The summed E-state index contributed by atoms with van der Waals surface area (Å²) in [6.45, 7) is 5.91. The molecule has 0 spiro atoms. The van der Waals surface area contributed by atoms with Gasteiger partial charge < -0.3 is 5.11 Å². The predicted octanol–water partition coefficient (Wildman–Crippen LogP) is 4.92. The highest BCUT2D eigenvalue weighted by atomic mass is 32.2. The minimum absolute atomic E-state index is 0.241. The second-order valence-corrected chi connectivity index (χ2v) is 8.75. The van der Waals surface area contributed by atoms with E-state index in [-0.39, 0.29) is 23.4 Å². The summed E-state index contributed by atoms with van der Waals surface area (Å²) in [6.07, 6.45) is 2.93. The van der Waals surface area contributed by atoms with Gasteiger partial charge in [-0.2, -0.15) is 9.13 Å². The number of hydrogen-bond donors (Lipinski definition) is 0. The molecule has 166 valence electrons. The van der Waals surface area contributed by atoms with E-state index in [4.69, 9.17) is 0 Å². The Labute approximate surface area is 198 Å². The van der Waals surface area contributed by atoms with Crippen molar-refractivity contribution in [1.29, 1.82) is 0 Å². The van der Waals surface area contributed by atoms with Crippen LogP contribution in [0.2, 0.25) is 0 Å². The van der Waals surface area contributed by atoms with E-state index in [1.807, 2.05) is 84.9 Å². The molecule has 0 aliphatic rings. The molecule has 0 fully saturated rings. The number of benzene rings is 3. The molecule has 1 aromatic heterocycles. The first-order valence-electron chi connectivity index (χ1n) is 11.0. The van der Waals surface area contributed by atoms with Crippen LogP contribution in [0.25, 0.3) is 17.5 Å². The molecule has 0 aliphatic carbocycles. The minimum Gasteiger partial charge on any atom is -0.842 e. The fourth-order valence-electron chi connectivity index (χ4n) is 3.75. The Morgan fingerprint density at radius 1 is 1.00 bits per heavy atom. The highest BCUT2D eigenvalue weighted by Gasteiger charge is 2.27. The van der Waals surface area contributed by atoms with Crippen LogP contribution < -0.4 is 15.2 Å². The van der Waals surface area contributed by atoms with Crippen molar-refractivity contribution in [3.05, 3.63) is 119 Å². The lowest BCUT2D eigenvalue weighted by atomic mass is 10.0. The lowest BCUT2D eigenvalue weighted by Gasteiger charge is -2.20. The fourth-order valence-corrected chi connectivity index (χ4v) is 4.77. The predicted molar refractivity (Wildman–Crippen MR) is 133 cm³/mol. The average molecular weight is 455 g/mol. The highest BCUT2D eigenvalue weighted by Crippen LogP contribution is 2.24. The number of aromatic nitrogens is 2. The Bertz CT molecular complexity index is 1320. The Kier molecular flexibility index (Phi) is 7.10. The molecule has 0 N–H and O–H groups in total. The fraction of sp³-hybridized carbons (Fsp3) is 0.143. The van der Waals surface area contributed by atoms with Gasteiger partial charge in [0.05, 0.1) is 11.4 Å². The smallest absolute Gasteiger partial charge is 0.346 e. The zero-order valence-corrected chi connectivity index (χ0v) is 19.4. The lowest BCUT2D eigenvalue weighted by molar-refractivity contribution is -0.690. The summed E-state index contributed by atoms with van der Waals surface area (Å²) in [5, 5.41) is 14.5. The molecule has 0 amide bonds. The molecule has 0 unspecified atom stereocenters. The van der Waals surface area contributed by atoms with Crippen molar-refractivity contribution in [1.82, 2.24) is 4.57 Å². The summed E-state index contributed by atoms with van der Waals surface area (Å²) >= 11 is 1.53. The van der Waals surface area contributed by atoms with Crippen LogP contribution in [0.1, 0.15) is 30.0 Å². The van der Waals surface area contributed by atoms with Crippen molar-refractivity contribution in [2.24, 2.45) is 0 Å². The van der Waals surface area contributed by atoms with E-state index >= 15 is 0 Å². The van der Waals surface area contributed by atoms with Gasteiger partial charge in [0.15, 0.2) is 0 Å². The van der Waals surface area contributed by atoms with Gasteiger partial charge in [-0.05, 0) is 53.6 Å². The van der Waals surface area contributed by atoms with Gasteiger partial charge in [-0.25, -0.2) is 4.79 Å². The Balaban J connectivity index is 2.03. The molecule has 0 bridgehead atoms. The standard InChI is InChI=1S/C28H26N2O2S/c1-3-18-33-28-29(23-14-7-5-8-15-23)26(31)25(20-22-13-11-12-21(4-2)19-22)27(32)30(28)24-16-9-6-10-17-24/h4-17,19H,2-3,18,20H2,1H3. The van der Waals surface area contributed by atoms with E-state index in [9.17, 15) is 9.90 Å². The monoisotopic (exact) mass is 454 g/mol. The van der Waals surface area contributed by atoms with Gasteiger partial charge in [0, 0.05) is 12.2 Å². The van der Waals surface area contributed by atoms with Gasteiger partial charge in [0.25, 0.3) is 0 Å². The first kappa shape index (κ1) is 22.6. The third kappa shape index (κ3) is 4.78. The van der Waals surface area contributed by atoms with Crippen LogP contribution in [0.5, 0.6) is 5.88 Å². The van der Waals surface area contributed by atoms with Crippen LogP contribution in [0, 0.1) is 0 Å². The van der Waals surface area contributed by atoms with Crippen molar-refractivity contribution in [2.75, 3.05) is 5.75 Å². The average Bonchev–Trinajstić information content (AvgIpc) is 2.86. The van der Waals surface area contributed by atoms with Crippen molar-refractivity contribution >= 4 is 17.8 Å². The van der Waals surface area contributed by atoms with E-state index in [0.29, 0.717) is 5.16 Å². The summed E-state index contributed by atoms with van der Waals surface area (Å²) < 4.78 is 3.36. The molecular formula is C28H26N2O2S. The molecule has 5 heteroatoms. The SMILES string of the molecule is C=Cc1cccc(Cc2c([O-])[n+](-c3ccccc3)c(SCCC)n(-c3ccccc3)c2=O)c1. The van der Waals surface area contributed by atoms with Gasteiger partial charge in [-0.15, -0.1) is 0 Å². The van der Waals surface area contributed by atoms with Crippen molar-refractivity contribution in [3.63, 3.8) is 0 Å². The topological polar surface area (TPSA) is 48.9 Å². The van der Waals surface area contributed by atoms with Gasteiger partial charge in [0.2, 0.25) is 0 Å². The van der Waals surface area contributed by atoms with Crippen molar-refractivity contribution in [2.45, 2.75) is 24.9 Å². The highest BCUT2D eigenvalue weighted by molar-refractivity contribution is 7.99. The second-order valence-electron chi connectivity index (χ2n) is 7.69. The zero-order chi connectivity index (χ0) is 23.2. The molecule has 3 aromatic carbocycles. The van der Waals surface area contributed by atoms with Gasteiger partial charge in [-0.1, -0.05) is 80.2 Å². The quantitative estimate of drug-likeness (QED) is 0.216. The third-order valence-corrected chi connectivity index (χ3v) is 6.57. The normalized spacial score (nSPS) is 10.8. The van der Waals surface area contributed by atoms with E-state index in [2.05, 4.69) is 13.5 Å². The van der Waals surface area contributed by atoms with E-state index in [0.717, 1.165) is 34.7 Å². The first-order chi connectivity index (χ1) is 16.1. The van der Waals surface area contributed by atoms with Crippen LogP contribution in [-0.2, 0) is 6.42 Å². The molecule has 0 saturated carbocycles. The van der Waals surface area contributed by atoms with Crippen LogP contribution >= 0.6 is 11.8 Å². The number of nitrogens with zero attached hydrogens (tertiary/aromatic N) is 2. The van der Waals surface area contributed by atoms with Gasteiger partial charge >= 0.3 is 10.7 Å². The number of hydrogen-bond acceptors (Lipinski definition) is 3. The molecule has 0 atom stereocenters. The van der Waals surface area contributed by atoms with Crippen molar-refractivity contribution in [3.8, 4) is 17.3 Å². The molecule has 0 saturated heterocycles. The first-order valence-corrected chi connectivity index (χ1v) is 12.0. The molecule has 0 aliphatic heterocycles. The maximum atomic E-state index is 13.8. The summed E-state index contributed by atoms with van der Waals surface area (Å²) in [5.74, 6) is 0.514. The summed E-state index contributed by atoms with van der Waals surface area (Å²) in [4.78, 5) is 13.8. The molecule has 33 heavy (non-hydrogen) atoms. The maximum absolute atomic E-state index is 13.8. The molecule has 4 nitrogen and oxygen atoms in total. The third-order valence-electron chi connectivity index (χ3n) is 5.34. The Morgan fingerprint density at radius 2 is 1.70 bits per heavy atom. The van der Waals surface area contributed by atoms with E-state index < -0.39 is 0 Å². The van der Waals surface area contributed by atoms with Crippen LogP contribution in [-0.4, -0.2) is 10.3 Å².